The number of aliphatic hydroxyl groups is 1. The molecular weight excluding hydrogens is 609 g/mol. The first-order valence-electron chi connectivity index (χ1n) is 11.3. The van der Waals surface area contributed by atoms with E-state index in [1.807, 2.05) is 22.6 Å². The van der Waals surface area contributed by atoms with Crippen molar-refractivity contribution in [3.63, 3.8) is 0 Å². The van der Waals surface area contributed by atoms with Crippen LogP contribution in [0.15, 0.2) is 94.6 Å². The number of ether oxygens (including phenoxy) is 3. The third-order valence-electron chi connectivity index (χ3n) is 5.62. The van der Waals surface area contributed by atoms with E-state index >= 15 is 0 Å². The highest BCUT2D eigenvalue weighted by atomic mass is 127. The number of halogens is 1. The van der Waals surface area contributed by atoms with Gasteiger partial charge >= 0.3 is 17.9 Å². The Morgan fingerprint density at radius 3 is 1.74 bits per heavy atom. The van der Waals surface area contributed by atoms with Gasteiger partial charge in [-0.25, -0.2) is 14.4 Å². The summed E-state index contributed by atoms with van der Waals surface area (Å²) >= 11 is 1.84. The molecule has 3 aromatic rings. The Morgan fingerprint density at radius 1 is 0.737 bits per heavy atom. The van der Waals surface area contributed by atoms with E-state index in [1.54, 1.807) is 48.5 Å². The van der Waals surface area contributed by atoms with Crippen LogP contribution in [-0.4, -0.2) is 52.4 Å². The molecule has 4 rings (SSSR count). The zero-order valence-electron chi connectivity index (χ0n) is 19.5. The number of nitro groups is 1. The van der Waals surface area contributed by atoms with Gasteiger partial charge < -0.3 is 19.3 Å². The second-order valence-electron chi connectivity index (χ2n) is 8.14. The molecule has 0 fully saturated rings. The Morgan fingerprint density at radius 2 is 1.21 bits per heavy atom. The predicted octanol–water partition coefficient (Wildman–Crippen LogP) is 4.26. The van der Waals surface area contributed by atoms with Crippen molar-refractivity contribution in [3.8, 4) is 0 Å². The number of non-ortho nitro benzene ring substituents is 1. The molecule has 0 amide bonds. The second kappa shape index (κ2) is 12.0. The highest BCUT2D eigenvalue weighted by Gasteiger charge is 2.45. The number of rotatable bonds is 7. The molecule has 0 aromatic heterocycles. The summed E-state index contributed by atoms with van der Waals surface area (Å²) in [6.07, 6.45) is -4.03. The smallest absolute Gasteiger partial charge is 0.338 e. The van der Waals surface area contributed by atoms with E-state index < -0.39 is 47.2 Å². The number of nitrogens with zero attached hydrogens (tertiary/aromatic N) is 1. The molecule has 1 N–H and O–H groups in total. The van der Waals surface area contributed by atoms with Gasteiger partial charge in [-0.1, -0.05) is 36.4 Å². The largest absolute Gasteiger partial charge is 0.451 e. The molecule has 0 aliphatic heterocycles. The molecular formula is C27H20INO9. The van der Waals surface area contributed by atoms with Crippen molar-refractivity contribution in [3.05, 3.63) is 121 Å². The summed E-state index contributed by atoms with van der Waals surface area (Å²) in [5.41, 5.74) is 0.272. The predicted molar refractivity (Wildman–Crippen MR) is 142 cm³/mol. The van der Waals surface area contributed by atoms with Crippen molar-refractivity contribution in [2.24, 2.45) is 0 Å². The zero-order valence-corrected chi connectivity index (χ0v) is 21.7. The molecule has 0 saturated heterocycles. The van der Waals surface area contributed by atoms with Gasteiger partial charge in [-0.15, -0.1) is 0 Å². The number of esters is 3. The molecule has 0 radical (unpaired) electrons. The van der Waals surface area contributed by atoms with Crippen LogP contribution in [0.2, 0.25) is 0 Å². The molecule has 10 nitrogen and oxygen atoms in total. The van der Waals surface area contributed by atoms with E-state index in [4.69, 9.17) is 14.2 Å². The standard InChI is InChI=1S/C27H20INO9/c28-20-15-21(36-25(31)16-7-3-1-4-8-16)24(38-26(32)17-9-5-2-6-10-17)22(30)23(20)37-27(33)18-11-13-19(14-12-18)29(34)35/h1-15,21-24,30H/t21-,22+,23-,24+/m0/s1. The van der Waals surface area contributed by atoms with Crippen LogP contribution in [0.4, 0.5) is 5.69 Å². The first-order chi connectivity index (χ1) is 18.2. The van der Waals surface area contributed by atoms with Crippen LogP contribution in [0.1, 0.15) is 31.1 Å². The SMILES string of the molecule is O=C(O[C@H]1[C@H](O)[C@@H](OC(=O)c2ccc([N+](=O)[O-])cc2)C(I)=C[C@@H]1OC(=O)c1ccccc1)c1ccccc1. The Bertz CT molecular complexity index is 1360. The molecule has 1 aliphatic carbocycles. The minimum absolute atomic E-state index is 0.0162. The van der Waals surface area contributed by atoms with Gasteiger partial charge in [0.15, 0.2) is 18.3 Å². The van der Waals surface area contributed by atoms with E-state index in [2.05, 4.69) is 0 Å². The lowest BCUT2D eigenvalue weighted by molar-refractivity contribution is -0.384. The van der Waals surface area contributed by atoms with Crippen LogP contribution in [0.25, 0.3) is 0 Å². The number of hydrogen-bond donors (Lipinski definition) is 1. The first kappa shape index (κ1) is 26.9. The van der Waals surface area contributed by atoms with Crippen LogP contribution < -0.4 is 0 Å². The topological polar surface area (TPSA) is 142 Å². The van der Waals surface area contributed by atoms with E-state index in [9.17, 15) is 29.6 Å². The second-order valence-corrected chi connectivity index (χ2v) is 9.39. The highest BCUT2D eigenvalue weighted by Crippen LogP contribution is 2.32. The third kappa shape index (κ3) is 6.23. The summed E-state index contributed by atoms with van der Waals surface area (Å²) in [6, 6.07) is 20.9. The van der Waals surface area contributed by atoms with Crippen molar-refractivity contribution in [2.75, 3.05) is 0 Å². The average Bonchev–Trinajstić information content (AvgIpc) is 2.93. The molecule has 0 heterocycles. The van der Waals surface area contributed by atoms with Gasteiger partial charge in [0.1, 0.15) is 6.10 Å². The lowest BCUT2D eigenvalue weighted by Gasteiger charge is -2.36. The number of carbonyl (C=O) groups is 3. The van der Waals surface area contributed by atoms with E-state index in [0.29, 0.717) is 3.58 Å². The summed E-state index contributed by atoms with van der Waals surface area (Å²) in [5, 5.41) is 22.1. The van der Waals surface area contributed by atoms with Gasteiger partial charge in [-0.05, 0) is 65.1 Å². The quantitative estimate of drug-likeness (QED) is 0.133. The molecule has 0 bridgehead atoms. The maximum Gasteiger partial charge on any atom is 0.338 e. The van der Waals surface area contributed by atoms with Crippen molar-refractivity contribution < 1.29 is 38.6 Å². The fourth-order valence-corrected chi connectivity index (χ4v) is 4.52. The number of aliphatic hydroxyl groups excluding tert-OH is 1. The lowest BCUT2D eigenvalue weighted by atomic mass is 9.95. The van der Waals surface area contributed by atoms with Gasteiger partial charge in [-0.2, -0.15) is 0 Å². The van der Waals surface area contributed by atoms with Crippen LogP contribution >= 0.6 is 22.6 Å². The molecule has 3 aromatic carbocycles. The number of hydrogen-bond acceptors (Lipinski definition) is 9. The molecule has 38 heavy (non-hydrogen) atoms. The van der Waals surface area contributed by atoms with Crippen LogP contribution in [0.3, 0.4) is 0 Å². The van der Waals surface area contributed by atoms with Crippen LogP contribution in [0, 0.1) is 10.1 Å². The monoisotopic (exact) mass is 629 g/mol. The van der Waals surface area contributed by atoms with E-state index in [0.717, 1.165) is 12.1 Å². The Labute approximate surface area is 230 Å². The highest BCUT2D eigenvalue weighted by molar-refractivity contribution is 14.1. The fourth-order valence-electron chi connectivity index (χ4n) is 3.67. The first-order valence-corrected chi connectivity index (χ1v) is 12.3. The summed E-state index contributed by atoms with van der Waals surface area (Å²) in [5.74, 6) is -2.34. The number of carbonyl (C=O) groups excluding carboxylic acids is 3. The number of benzene rings is 3. The molecule has 4 atom stereocenters. The normalized spacial score (nSPS) is 20.5. The van der Waals surface area contributed by atoms with Gasteiger partial charge in [0.2, 0.25) is 0 Å². The fraction of sp³-hybridized carbons (Fsp3) is 0.148. The molecule has 1 aliphatic rings. The Balaban J connectivity index is 1.59. The minimum atomic E-state index is -1.60. The van der Waals surface area contributed by atoms with Crippen LogP contribution in [-0.2, 0) is 14.2 Å². The van der Waals surface area contributed by atoms with Gasteiger partial charge in [0, 0.05) is 15.7 Å². The molecule has 11 heteroatoms. The Kier molecular flexibility index (Phi) is 8.48. The molecule has 194 valence electrons. The van der Waals surface area contributed by atoms with E-state index in [1.165, 1.54) is 30.3 Å². The lowest BCUT2D eigenvalue weighted by Crippen LogP contribution is -2.52. The van der Waals surface area contributed by atoms with E-state index in [-0.39, 0.29) is 22.4 Å². The summed E-state index contributed by atoms with van der Waals surface area (Å²) in [6.45, 7) is 0. The molecule has 0 spiro atoms. The van der Waals surface area contributed by atoms with Gasteiger partial charge in [0.25, 0.3) is 5.69 Å². The minimum Gasteiger partial charge on any atom is -0.451 e. The molecule has 0 unspecified atom stereocenters. The summed E-state index contributed by atoms with van der Waals surface area (Å²) in [4.78, 5) is 48.6. The van der Waals surface area contributed by atoms with Crippen LogP contribution in [0.5, 0.6) is 0 Å². The maximum absolute atomic E-state index is 12.8. The summed E-state index contributed by atoms with van der Waals surface area (Å²) < 4.78 is 17.0. The summed E-state index contributed by atoms with van der Waals surface area (Å²) in [7, 11) is 0. The Hall–Kier alpha value is -4.10. The third-order valence-corrected chi connectivity index (χ3v) is 6.59. The van der Waals surface area contributed by atoms with Crippen molar-refractivity contribution in [2.45, 2.75) is 24.4 Å². The van der Waals surface area contributed by atoms with Crippen molar-refractivity contribution in [1.82, 2.24) is 0 Å². The molecule has 0 saturated carbocycles. The van der Waals surface area contributed by atoms with Gasteiger partial charge in [-0.3, -0.25) is 10.1 Å². The van der Waals surface area contributed by atoms with Crippen molar-refractivity contribution >= 4 is 46.2 Å². The average molecular weight is 629 g/mol. The number of nitro benzene ring substituents is 1. The maximum atomic E-state index is 12.8. The zero-order chi connectivity index (χ0) is 27.2. The van der Waals surface area contributed by atoms with Crippen molar-refractivity contribution in [1.29, 1.82) is 0 Å². The van der Waals surface area contributed by atoms with Gasteiger partial charge in [0.05, 0.1) is 21.6 Å².